The molecule has 2 unspecified atom stereocenters. The van der Waals surface area contributed by atoms with E-state index in [9.17, 15) is 4.79 Å². The molecular formula is C20H30O. The van der Waals surface area contributed by atoms with E-state index < -0.39 is 0 Å². The molecule has 0 aliphatic heterocycles. The summed E-state index contributed by atoms with van der Waals surface area (Å²) >= 11 is 0. The fourth-order valence-corrected chi connectivity index (χ4v) is 6.11. The Morgan fingerprint density at radius 3 is 1.57 bits per heavy atom. The lowest BCUT2D eigenvalue weighted by Gasteiger charge is -2.27. The number of carbonyl (C=O) groups excluding carboxylic acids is 1. The molecule has 2 atom stereocenters. The van der Waals surface area contributed by atoms with E-state index in [1.807, 2.05) is 0 Å². The largest absolute Gasteiger partial charge is 0.295 e. The van der Waals surface area contributed by atoms with E-state index in [4.69, 9.17) is 0 Å². The first-order chi connectivity index (χ1) is 10.3. The van der Waals surface area contributed by atoms with Crippen molar-refractivity contribution in [1.29, 1.82) is 0 Å². The average Bonchev–Trinajstić information content (AvgIpc) is 3.25. The van der Waals surface area contributed by atoms with E-state index in [0.717, 1.165) is 42.9 Å². The number of rotatable bonds is 2. The molecule has 4 aliphatic carbocycles. The molecule has 0 heterocycles. The number of hydrogen-bond donors (Lipinski definition) is 0. The molecule has 0 amide bonds. The number of Topliss-reactive ketones (excluding diaryl/α,β-unsaturated/α-hetero) is 1. The van der Waals surface area contributed by atoms with Crippen molar-refractivity contribution in [3.05, 3.63) is 11.1 Å². The van der Waals surface area contributed by atoms with Gasteiger partial charge in [0.15, 0.2) is 5.78 Å². The molecule has 0 aromatic carbocycles. The highest BCUT2D eigenvalue weighted by atomic mass is 16.1. The maximum atomic E-state index is 12.4. The van der Waals surface area contributed by atoms with Crippen molar-refractivity contribution in [1.82, 2.24) is 0 Å². The van der Waals surface area contributed by atoms with Crippen molar-refractivity contribution in [2.24, 2.45) is 23.7 Å². The standard InChI is InChI=1S/C20H30O/c21-19-11-5-10-18(19)20-16(14-6-1-2-7-14)12-13-17(20)15-8-3-4-9-15/h14-17H,1-13H2. The lowest BCUT2D eigenvalue weighted by atomic mass is 9.77. The zero-order valence-electron chi connectivity index (χ0n) is 13.4. The van der Waals surface area contributed by atoms with E-state index in [0.29, 0.717) is 5.78 Å². The summed E-state index contributed by atoms with van der Waals surface area (Å²) in [5.74, 6) is 3.97. The van der Waals surface area contributed by atoms with Crippen LogP contribution < -0.4 is 0 Å². The van der Waals surface area contributed by atoms with Crippen LogP contribution in [0.1, 0.15) is 83.5 Å². The molecule has 1 heteroatoms. The molecule has 0 spiro atoms. The van der Waals surface area contributed by atoms with E-state index in [1.165, 1.54) is 69.8 Å². The highest BCUT2D eigenvalue weighted by Crippen LogP contribution is 2.53. The predicted molar refractivity (Wildman–Crippen MR) is 86.0 cm³/mol. The van der Waals surface area contributed by atoms with Crippen LogP contribution >= 0.6 is 0 Å². The molecule has 4 saturated carbocycles. The molecule has 0 saturated heterocycles. The van der Waals surface area contributed by atoms with Gasteiger partial charge in [-0.2, -0.15) is 0 Å². The Morgan fingerprint density at radius 2 is 1.14 bits per heavy atom. The summed E-state index contributed by atoms with van der Waals surface area (Å²) in [5.41, 5.74) is 3.05. The summed E-state index contributed by atoms with van der Waals surface area (Å²) in [7, 11) is 0. The van der Waals surface area contributed by atoms with Crippen molar-refractivity contribution in [2.45, 2.75) is 83.5 Å². The maximum absolute atomic E-state index is 12.4. The fourth-order valence-electron chi connectivity index (χ4n) is 6.11. The van der Waals surface area contributed by atoms with E-state index in [-0.39, 0.29) is 0 Å². The molecule has 1 nitrogen and oxygen atoms in total. The number of ketones is 1. The highest BCUT2D eigenvalue weighted by Gasteiger charge is 2.43. The van der Waals surface area contributed by atoms with E-state index in [2.05, 4.69) is 0 Å². The van der Waals surface area contributed by atoms with Crippen molar-refractivity contribution in [2.75, 3.05) is 0 Å². The molecule has 4 rings (SSSR count). The smallest absolute Gasteiger partial charge is 0.158 e. The zero-order valence-corrected chi connectivity index (χ0v) is 13.4. The monoisotopic (exact) mass is 286 g/mol. The molecule has 116 valence electrons. The second-order valence-electron chi connectivity index (χ2n) is 8.09. The van der Waals surface area contributed by atoms with Gasteiger partial charge in [0.2, 0.25) is 0 Å². The minimum absolute atomic E-state index is 0.526. The van der Waals surface area contributed by atoms with Gasteiger partial charge in [-0.1, -0.05) is 31.3 Å². The third-order valence-electron chi connectivity index (χ3n) is 7.04. The number of hydrogen-bond acceptors (Lipinski definition) is 1. The average molecular weight is 286 g/mol. The lowest BCUT2D eigenvalue weighted by Crippen LogP contribution is -2.19. The van der Waals surface area contributed by atoms with Crippen LogP contribution in [0.2, 0.25) is 0 Å². The summed E-state index contributed by atoms with van der Waals surface area (Å²) in [4.78, 5) is 12.4. The lowest BCUT2D eigenvalue weighted by molar-refractivity contribution is -0.114. The minimum atomic E-state index is 0.526. The van der Waals surface area contributed by atoms with Crippen molar-refractivity contribution in [3.8, 4) is 0 Å². The summed E-state index contributed by atoms with van der Waals surface area (Å²) in [6.07, 6.45) is 17.4. The highest BCUT2D eigenvalue weighted by molar-refractivity contribution is 5.98. The van der Waals surface area contributed by atoms with Crippen LogP contribution in [0.15, 0.2) is 11.1 Å². The van der Waals surface area contributed by atoms with E-state index >= 15 is 0 Å². The van der Waals surface area contributed by atoms with Crippen LogP contribution in [0.3, 0.4) is 0 Å². The molecule has 0 radical (unpaired) electrons. The topological polar surface area (TPSA) is 17.1 Å². The molecule has 4 fully saturated rings. The second kappa shape index (κ2) is 5.89. The SMILES string of the molecule is O=C1CCCC1=C1C(C2CCCC2)CCC1C1CCCC1. The normalized spacial score (nSPS) is 35.5. The van der Waals surface area contributed by atoms with Crippen LogP contribution in [0, 0.1) is 23.7 Å². The van der Waals surface area contributed by atoms with Crippen LogP contribution in [0.5, 0.6) is 0 Å². The van der Waals surface area contributed by atoms with Crippen molar-refractivity contribution >= 4 is 5.78 Å². The Hall–Kier alpha value is -0.590. The Balaban J connectivity index is 1.66. The number of carbonyl (C=O) groups is 1. The van der Waals surface area contributed by atoms with Gasteiger partial charge < -0.3 is 0 Å². The first-order valence-corrected chi connectivity index (χ1v) is 9.60. The second-order valence-corrected chi connectivity index (χ2v) is 8.09. The molecule has 21 heavy (non-hydrogen) atoms. The quantitative estimate of drug-likeness (QED) is 0.617. The zero-order chi connectivity index (χ0) is 14.2. The Bertz CT molecular complexity index is 409. The van der Waals surface area contributed by atoms with Gasteiger partial charge in [-0.15, -0.1) is 0 Å². The Morgan fingerprint density at radius 1 is 0.619 bits per heavy atom. The van der Waals surface area contributed by atoms with Gasteiger partial charge in [-0.3, -0.25) is 4.79 Å². The van der Waals surface area contributed by atoms with Gasteiger partial charge in [-0.05, 0) is 80.6 Å². The first kappa shape index (κ1) is 14.0. The van der Waals surface area contributed by atoms with E-state index in [1.54, 1.807) is 5.57 Å². The van der Waals surface area contributed by atoms with Gasteiger partial charge in [0.05, 0.1) is 0 Å². The summed E-state index contributed by atoms with van der Waals surface area (Å²) in [6, 6.07) is 0. The minimum Gasteiger partial charge on any atom is -0.295 e. The third-order valence-corrected chi connectivity index (χ3v) is 7.04. The van der Waals surface area contributed by atoms with Gasteiger partial charge in [0.1, 0.15) is 0 Å². The molecule has 4 aliphatic rings. The summed E-state index contributed by atoms with van der Waals surface area (Å²) in [6.45, 7) is 0. The molecular weight excluding hydrogens is 256 g/mol. The molecule has 0 aromatic heterocycles. The first-order valence-electron chi connectivity index (χ1n) is 9.60. The van der Waals surface area contributed by atoms with Crippen LogP contribution in [-0.4, -0.2) is 5.78 Å². The molecule has 0 bridgehead atoms. The Kier molecular flexibility index (Phi) is 3.94. The van der Waals surface area contributed by atoms with Gasteiger partial charge in [0, 0.05) is 6.42 Å². The van der Waals surface area contributed by atoms with Crippen LogP contribution in [0.25, 0.3) is 0 Å². The molecule has 0 aromatic rings. The van der Waals surface area contributed by atoms with Crippen molar-refractivity contribution in [3.63, 3.8) is 0 Å². The molecule has 0 N–H and O–H groups in total. The summed E-state index contributed by atoms with van der Waals surface area (Å²) < 4.78 is 0. The van der Waals surface area contributed by atoms with Gasteiger partial charge in [-0.25, -0.2) is 0 Å². The Labute approximate surface area is 129 Å². The fraction of sp³-hybridized carbons (Fsp3) is 0.850. The van der Waals surface area contributed by atoms with Gasteiger partial charge >= 0.3 is 0 Å². The van der Waals surface area contributed by atoms with Gasteiger partial charge in [0.25, 0.3) is 0 Å². The predicted octanol–water partition coefficient (Wildman–Crippen LogP) is 5.44. The van der Waals surface area contributed by atoms with Crippen molar-refractivity contribution < 1.29 is 4.79 Å². The van der Waals surface area contributed by atoms with Crippen LogP contribution in [0.4, 0.5) is 0 Å². The maximum Gasteiger partial charge on any atom is 0.158 e. The number of allylic oxidation sites excluding steroid dienone is 2. The third kappa shape index (κ3) is 2.51. The van der Waals surface area contributed by atoms with Crippen LogP contribution in [-0.2, 0) is 4.79 Å². The summed E-state index contributed by atoms with van der Waals surface area (Å²) in [5, 5.41) is 0.